The molecule has 114 valence electrons. The normalized spacial score (nSPS) is 11.2. The summed E-state index contributed by atoms with van der Waals surface area (Å²) in [6.07, 6.45) is -0.451. The first-order valence-corrected chi connectivity index (χ1v) is 6.30. The van der Waals surface area contributed by atoms with E-state index in [1.165, 1.54) is 6.92 Å². The van der Waals surface area contributed by atoms with Gasteiger partial charge in [0, 0.05) is 0 Å². The maximum Gasteiger partial charge on any atom is 0.164 e. The number of aliphatic hydroxyl groups excluding tert-OH is 2. The molecule has 0 amide bonds. The molecule has 0 spiro atoms. The van der Waals surface area contributed by atoms with Gasteiger partial charge in [-0.2, -0.15) is 0 Å². The van der Waals surface area contributed by atoms with Gasteiger partial charge >= 0.3 is 0 Å². The van der Waals surface area contributed by atoms with Crippen LogP contribution in [0.5, 0.6) is 0 Å². The van der Waals surface area contributed by atoms with Gasteiger partial charge in [-0.1, -0.05) is 0 Å². The molecule has 0 atom stereocenters. The first kappa shape index (κ1) is 18.4. The van der Waals surface area contributed by atoms with Crippen molar-refractivity contribution in [1.29, 1.82) is 0 Å². The van der Waals surface area contributed by atoms with Crippen molar-refractivity contribution in [2.24, 2.45) is 0 Å². The van der Waals surface area contributed by atoms with Crippen LogP contribution in [0.25, 0.3) is 0 Å². The lowest BCUT2D eigenvalue weighted by Crippen LogP contribution is -2.24. The lowest BCUT2D eigenvalue weighted by Gasteiger charge is -2.17. The lowest BCUT2D eigenvalue weighted by molar-refractivity contribution is -0.166. The third kappa shape index (κ3) is 13.7. The Kier molecular flexibility index (Phi) is 13.4. The number of ether oxygens (including phenoxy) is 4. The third-order valence-electron chi connectivity index (χ3n) is 1.99. The molecule has 0 aromatic heterocycles. The molecule has 0 radical (unpaired) electrons. The fraction of sp³-hybridized carbons (Fsp3) is 0.917. The minimum atomic E-state index is -0.618. The minimum Gasteiger partial charge on any atom is -0.394 e. The van der Waals surface area contributed by atoms with Gasteiger partial charge in [-0.05, 0) is 6.92 Å². The van der Waals surface area contributed by atoms with Crippen LogP contribution < -0.4 is 0 Å². The molecule has 0 bridgehead atoms. The molecule has 0 fully saturated rings. The zero-order valence-corrected chi connectivity index (χ0v) is 11.4. The van der Waals surface area contributed by atoms with E-state index < -0.39 is 6.29 Å². The van der Waals surface area contributed by atoms with Gasteiger partial charge in [-0.25, -0.2) is 0 Å². The fourth-order valence-corrected chi connectivity index (χ4v) is 1.21. The number of hydrogen-bond acceptors (Lipinski definition) is 7. The van der Waals surface area contributed by atoms with Gasteiger partial charge in [-0.3, -0.25) is 4.79 Å². The number of Topliss-reactive ketones (excluding diaryl/α,β-unsaturated/α-hetero) is 1. The van der Waals surface area contributed by atoms with Crippen LogP contribution in [0.4, 0.5) is 0 Å². The second-order valence-electron chi connectivity index (χ2n) is 3.75. The molecule has 0 unspecified atom stereocenters. The second kappa shape index (κ2) is 13.9. The first-order valence-electron chi connectivity index (χ1n) is 6.30. The zero-order valence-electron chi connectivity index (χ0n) is 11.4. The predicted molar refractivity (Wildman–Crippen MR) is 66.8 cm³/mol. The number of carbonyl (C=O) groups excluding carboxylic acids is 1. The van der Waals surface area contributed by atoms with Crippen LogP contribution >= 0.6 is 0 Å². The standard InChI is InChI=1S/C12H24O7/c1-11(15)10-12(18-8-6-16-4-2-13)19-9-7-17-5-3-14/h12-14H,2-10H2,1H3. The minimum absolute atomic E-state index is 0.0300. The highest BCUT2D eigenvalue weighted by atomic mass is 16.7. The molecule has 2 N–H and O–H groups in total. The van der Waals surface area contributed by atoms with Crippen LogP contribution in [0.15, 0.2) is 0 Å². The Bertz CT molecular complexity index is 196. The number of hydrogen-bond donors (Lipinski definition) is 2. The van der Waals surface area contributed by atoms with Crippen molar-refractivity contribution in [2.45, 2.75) is 19.6 Å². The summed E-state index contributed by atoms with van der Waals surface area (Å²) in [5.41, 5.74) is 0. The van der Waals surface area contributed by atoms with Gasteiger partial charge in [0.15, 0.2) is 6.29 Å². The smallest absolute Gasteiger partial charge is 0.164 e. The van der Waals surface area contributed by atoms with Crippen LogP contribution in [0.3, 0.4) is 0 Å². The van der Waals surface area contributed by atoms with Gasteiger partial charge < -0.3 is 29.2 Å². The topological polar surface area (TPSA) is 94.5 Å². The number of carbonyl (C=O) groups is 1. The second-order valence-corrected chi connectivity index (χ2v) is 3.75. The molecule has 0 saturated heterocycles. The molecule has 0 aromatic carbocycles. The Morgan fingerprint density at radius 2 is 1.37 bits per heavy atom. The van der Waals surface area contributed by atoms with Crippen LogP contribution in [-0.4, -0.2) is 75.1 Å². The van der Waals surface area contributed by atoms with E-state index in [0.717, 1.165) is 0 Å². The molecule has 7 nitrogen and oxygen atoms in total. The Hall–Kier alpha value is -0.570. The SMILES string of the molecule is CC(=O)CC(OCCOCCO)OCCOCCO. The van der Waals surface area contributed by atoms with E-state index in [1.54, 1.807) is 0 Å². The van der Waals surface area contributed by atoms with E-state index in [1.807, 2.05) is 0 Å². The van der Waals surface area contributed by atoms with E-state index in [-0.39, 0.29) is 51.8 Å². The van der Waals surface area contributed by atoms with E-state index >= 15 is 0 Å². The fourth-order valence-electron chi connectivity index (χ4n) is 1.21. The first-order chi connectivity index (χ1) is 9.20. The highest BCUT2D eigenvalue weighted by Gasteiger charge is 2.12. The highest BCUT2D eigenvalue weighted by molar-refractivity contribution is 5.75. The van der Waals surface area contributed by atoms with Crippen molar-refractivity contribution in [3.05, 3.63) is 0 Å². The molecular formula is C12H24O7. The van der Waals surface area contributed by atoms with Gasteiger partial charge in [0.2, 0.25) is 0 Å². The summed E-state index contributed by atoms with van der Waals surface area (Å²) < 4.78 is 20.8. The Morgan fingerprint density at radius 3 is 1.74 bits per heavy atom. The maximum atomic E-state index is 11.0. The summed E-state index contributed by atoms with van der Waals surface area (Å²) in [7, 11) is 0. The monoisotopic (exact) mass is 280 g/mol. The molecule has 0 heterocycles. The van der Waals surface area contributed by atoms with E-state index in [4.69, 9.17) is 29.2 Å². The molecule has 0 aliphatic heterocycles. The van der Waals surface area contributed by atoms with Crippen molar-refractivity contribution in [3.8, 4) is 0 Å². The van der Waals surface area contributed by atoms with Crippen LogP contribution in [0.2, 0.25) is 0 Å². The van der Waals surface area contributed by atoms with E-state index in [2.05, 4.69) is 0 Å². The average molecular weight is 280 g/mol. The summed E-state index contributed by atoms with van der Waals surface area (Å²) in [4.78, 5) is 11.0. The quantitative estimate of drug-likeness (QED) is 0.322. The summed E-state index contributed by atoms with van der Waals surface area (Å²) in [5.74, 6) is -0.0300. The Morgan fingerprint density at radius 1 is 0.895 bits per heavy atom. The van der Waals surface area contributed by atoms with E-state index in [0.29, 0.717) is 13.2 Å². The van der Waals surface area contributed by atoms with E-state index in [9.17, 15) is 4.79 Å². The van der Waals surface area contributed by atoms with Crippen molar-refractivity contribution in [3.63, 3.8) is 0 Å². The summed E-state index contributed by atoms with van der Waals surface area (Å²) in [6, 6.07) is 0. The molecular weight excluding hydrogens is 256 g/mol. The largest absolute Gasteiger partial charge is 0.394 e. The average Bonchev–Trinajstić information content (AvgIpc) is 2.37. The van der Waals surface area contributed by atoms with Crippen molar-refractivity contribution >= 4 is 5.78 Å². The Labute approximate surface area is 113 Å². The van der Waals surface area contributed by atoms with Crippen molar-refractivity contribution in [2.75, 3.05) is 52.9 Å². The molecule has 7 heteroatoms. The lowest BCUT2D eigenvalue weighted by atomic mass is 10.3. The Balaban J connectivity index is 3.66. The number of rotatable bonds is 14. The van der Waals surface area contributed by atoms with Gasteiger partial charge in [-0.15, -0.1) is 0 Å². The molecule has 0 saturated carbocycles. The van der Waals surface area contributed by atoms with Gasteiger partial charge in [0.25, 0.3) is 0 Å². The van der Waals surface area contributed by atoms with Gasteiger partial charge in [0.05, 0.1) is 59.3 Å². The zero-order chi connectivity index (χ0) is 14.3. The van der Waals surface area contributed by atoms with Crippen molar-refractivity contribution in [1.82, 2.24) is 0 Å². The molecule has 0 rings (SSSR count). The van der Waals surface area contributed by atoms with Gasteiger partial charge in [0.1, 0.15) is 5.78 Å². The molecule has 19 heavy (non-hydrogen) atoms. The number of ketones is 1. The molecule has 0 aliphatic rings. The molecule has 0 aromatic rings. The van der Waals surface area contributed by atoms with Crippen LogP contribution in [0.1, 0.15) is 13.3 Å². The molecule has 0 aliphatic carbocycles. The van der Waals surface area contributed by atoms with Crippen molar-refractivity contribution < 1.29 is 34.0 Å². The maximum absolute atomic E-state index is 11.0. The predicted octanol–water partition coefficient (Wildman–Crippen LogP) is -0.657. The third-order valence-corrected chi connectivity index (χ3v) is 1.99. The highest BCUT2D eigenvalue weighted by Crippen LogP contribution is 2.02. The van der Waals surface area contributed by atoms with Crippen LogP contribution in [-0.2, 0) is 23.7 Å². The summed E-state index contributed by atoms with van der Waals surface area (Å²) in [6.45, 7) is 3.16. The summed E-state index contributed by atoms with van der Waals surface area (Å²) >= 11 is 0. The summed E-state index contributed by atoms with van der Waals surface area (Å²) in [5, 5.41) is 17.0. The number of aliphatic hydroxyl groups is 2. The van der Waals surface area contributed by atoms with Crippen LogP contribution in [0, 0.1) is 0 Å².